The third-order valence-corrected chi connectivity index (χ3v) is 3.04. The zero-order valence-electron chi connectivity index (χ0n) is 10.5. The van der Waals surface area contributed by atoms with Crippen molar-refractivity contribution in [3.63, 3.8) is 0 Å². The van der Waals surface area contributed by atoms with E-state index in [-0.39, 0.29) is 6.03 Å². The highest BCUT2D eigenvalue weighted by molar-refractivity contribution is 5.74. The van der Waals surface area contributed by atoms with Crippen LogP contribution in [-0.2, 0) is 6.54 Å². The molecule has 2 rings (SSSR count). The first-order valence-corrected chi connectivity index (χ1v) is 6.18. The molecule has 5 heteroatoms. The van der Waals surface area contributed by atoms with Crippen molar-refractivity contribution >= 4 is 6.03 Å². The molecule has 0 spiro atoms. The number of amides is 2. The lowest BCUT2D eigenvalue weighted by Gasteiger charge is -2.34. The van der Waals surface area contributed by atoms with Gasteiger partial charge in [-0.25, -0.2) is 4.79 Å². The number of carbonyl (C=O) groups is 1. The Morgan fingerprint density at radius 2 is 2.22 bits per heavy atom. The minimum atomic E-state index is -0.0235. The molecule has 0 aromatic carbocycles. The van der Waals surface area contributed by atoms with Crippen LogP contribution in [0.2, 0.25) is 0 Å². The van der Waals surface area contributed by atoms with Crippen LogP contribution in [0.25, 0.3) is 0 Å². The Labute approximate surface area is 107 Å². The van der Waals surface area contributed by atoms with Crippen LogP contribution < -0.4 is 5.32 Å². The smallest absolute Gasteiger partial charge is 0.317 e. The maximum atomic E-state index is 11.9. The molecule has 0 unspecified atom stereocenters. The van der Waals surface area contributed by atoms with Crippen molar-refractivity contribution in [2.45, 2.75) is 6.54 Å². The van der Waals surface area contributed by atoms with E-state index in [2.05, 4.69) is 16.8 Å². The average molecular weight is 249 g/mol. The number of carbonyl (C=O) groups excluding carboxylic acids is 1. The molecule has 0 radical (unpaired) electrons. The van der Waals surface area contributed by atoms with Crippen LogP contribution in [0.15, 0.2) is 35.5 Å². The first kappa shape index (κ1) is 12.7. The van der Waals surface area contributed by atoms with Crippen molar-refractivity contribution in [2.75, 3.05) is 32.7 Å². The highest BCUT2D eigenvalue weighted by atomic mass is 16.3. The van der Waals surface area contributed by atoms with Gasteiger partial charge in [0.05, 0.1) is 12.8 Å². The van der Waals surface area contributed by atoms with E-state index in [9.17, 15) is 4.79 Å². The summed E-state index contributed by atoms with van der Waals surface area (Å²) in [4.78, 5) is 16.0. The van der Waals surface area contributed by atoms with E-state index in [1.165, 1.54) is 0 Å². The number of nitrogens with one attached hydrogen (secondary N) is 1. The Bertz CT molecular complexity index is 381. The summed E-state index contributed by atoms with van der Waals surface area (Å²) in [5.41, 5.74) is 0. The van der Waals surface area contributed by atoms with Gasteiger partial charge in [-0.1, -0.05) is 6.08 Å². The molecule has 2 amide bonds. The van der Waals surface area contributed by atoms with Crippen LogP contribution in [0.4, 0.5) is 4.79 Å². The Morgan fingerprint density at radius 3 is 2.83 bits per heavy atom. The van der Waals surface area contributed by atoms with Gasteiger partial charge in [-0.3, -0.25) is 4.90 Å². The van der Waals surface area contributed by atoms with E-state index < -0.39 is 0 Å². The topological polar surface area (TPSA) is 48.7 Å². The molecule has 1 aliphatic rings. The second-order valence-electron chi connectivity index (χ2n) is 4.31. The van der Waals surface area contributed by atoms with E-state index in [0.717, 1.165) is 38.5 Å². The number of hydrogen-bond acceptors (Lipinski definition) is 3. The fourth-order valence-electron chi connectivity index (χ4n) is 2.00. The highest BCUT2D eigenvalue weighted by Gasteiger charge is 2.19. The predicted octanol–water partition coefficient (Wildman–Crippen LogP) is 1.29. The van der Waals surface area contributed by atoms with E-state index in [1.54, 1.807) is 6.26 Å². The van der Waals surface area contributed by atoms with E-state index in [1.807, 2.05) is 23.1 Å². The molecule has 5 nitrogen and oxygen atoms in total. The van der Waals surface area contributed by atoms with Crippen molar-refractivity contribution in [3.8, 4) is 0 Å². The van der Waals surface area contributed by atoms with Crippen LogP contribution in [0, 0.1) is 0 Å². The number of rotatable bonds is 4. The Hall–Kier alpha value is -1.75. The Kier molecular flexibility index (Phi) is 4.41. The summed E-state index contributed by atoms with van der Waals surface area (Å²) in [5.74, 6) is 0.772. The number of piperazine rings is 1. The van der Waals surface area contributed by atoms with Crippen molar-refractivity contribution in [3.05, 3.63) is 36.8 Å². The number of urea groups is 1. The van der Waals surface area contributed by atoms with Crippen molar-refractivity contribution in [1.82, 2.24) is 15.1 Å². The largest absolute Gasteiger partial charge is 0.467 e. The van der Waals surface area contributed by atoms with Gasteiger partial charge >= 0.3 is 6.03 Å². The summed E-state index contributed by atoms with van der Waals surface area (Å²) in [6.45, 7) is 8.39. The fraction of sp³-hybridized carbons (Fsp3) is 0.462. The van der Waals surface area contributed by atoms with Crippen molar-refractivity contribution in [2.24, 2.45) is 0 Å². The van der Waals surface area contributed by atoms with Gasteiger partial charge in [0.25, 0.3) is 0 Å². The molecule has 0 bridgehead atoms. The van der Waals surface area contributed by atoms with Crippen molar-refractivity contribution < 1.29 is 9.21 Å². The zero-order valence-corrected chi connectivity index (χ0v) is 10.5. The first-order valence-electron chi connectivity index (χ1n) is 6.18. The maximum Gasteiger partial charge on any atom is 0.317 e. The van der Waals surface area contributed by atoms with Crippen LogP contribution >= 0.6 is 0 Å². The van der Waals surface area contributed by atoms with Gasteiger partial charge < -0.3 is 14.6 Å². The molecule has 0 atom stereocenters. The number of nitrogens with zero attached hydrogens (tertiary/aromatic N) is 2. The third-order valence-electron chi connectivity index (χ3n) is 3.04. The SMILES string of the molecule is C=CCN1CCN(C(=O)NCc2ccco2)CC1. The molecule has 1 aromatic rings. The summed E-state index contributed by atoms with van der Waals surface area (Å²) < 4.78 is 5.17. The normalized spacial score (nSPS) is 16.6. The zero-order chi connectivity index (χ0) is 12.8. The standard InChI is InChI=1S/C13H19N3O2/c1-2-5-15-6-8-16(9-7-15)13(17)14-11-12-4-3-10-18-12/h2-4,10H,1,5-9,11H2,(H,14,17). The lowest BCUT2D eigenvalue weighted by molar-refractivity contribution is 0.146. The van der Waals surface area contributed by atoms with Gasteiger partial charge in [0.2, 0.25) is 0 Å². The molecule has 1 aliphatic heterocycles. The molecule has 1 aromatic heterocycles. The van der Waals surface area contributed by atoms with Gasteiger partial charge in [-0.15, -0.1) is 6.58 Å². The van der Waals surface area contributed by atoms with E-state index >= 15 is 0 Å². The van der Waals surface area contributed by atoms with Gasteiger partial charge in [0, 0.05) is 32.7 Å². The van der Waals surface area contributed by atoms with Crippen LogP contribution in [-0.4, -0.2) is 48.6 Å². The fourth-order valence-corrected chi connectivity index (χ4v) is 2.00. The van der Waals surface area contributed by atoms with Crippen LogP contribution in [0.1, 0.15) is 5.76 Å². The maximum absolute atomic E-state index is 11.9. The second kappa shape index (κ2) is 6.26. The number of furan rings is 1. The highest BCUT2D eigenvalue weighted by Crippen LogP contribution is 2.03. The van der Waals surface area contributed by atoms with Crippen LogP contribution in [0.3, 0.4) is 0 Å². The average Bonchev–Trinajstić information content (AvgIpc) is 2.90. The molecular formula is C13H19N3O2. The summed E-state index contributed by atoms with van der Waals surface area (Å²) in [6.07, 6.45) is 3.50. The van der Waals surface area contributed by atoms with Gasteiger partial charge in [-0.05, 0) is 12.1 Å². The number of hydrogen-bond donors (Lipinski definition) is 1. The van der Waals surface area contributed by atoms with E-state index in [4.69, 9.17) is 4.42 Å². The molecule has 18 heavy (non-hydrogen) atoms. The lowest BCUT2D eigenvalue weighted by atomic mass is 10.3. The van der Waals surface area contributed by atoms with Crippen LogP contribution in [0.5, 0.6) is 0 Å². The molecule has 1 N–H and O–H groups in total. The van der Waals surface area contributed by atoms with Gasteiger partial charge in [-0.2, -0.15) is 0 Å². The Balaban J connectivity index is 1.72. The van der Waals surface area contributed by atoms with Crippen molar-refractivity contribution in [1.29, 1.82) is 0 Å². The third kappa shape index (κ3) is 3.37. The molecule has 1 fully saturated rings. The summed E-state index contributed by atoms with van der Waals surface area (Å²) in [7, 11) is 0. The summed E-state index contributed by atoms with van der Waals surface area (Å²) in [5, 5.41) is 2.86. The summed E-state index contributed by atoms with van der Waals surface area (Å²) >= 11 is 0. The lowest BCUT2D eigenvalue weighted by Crippen LogP contribution is -2.51. The first-order chi connectivity index (χ1) is 8.79. The summed E-state index contributed by atoms with van der Waals surface area (Å²) in [6, 6.07) is 3.64. The molecular weight excluding hydrogens is 230 g/mol. The minimum Gasteiger partial charge on any atom is -0.467 e. The quantitative estimate of drug-likeness (QED) is 0.818. The molecule has 0 aliphatic carbocycles. The molecule has 0 saturated carbocycles. The minimum absolute atomic E-state index is 0.0235. The molecule has 1 saturated heterocycles. The monoisotopic (exact) mass is 249 g/mol. The Morgan fingerprint density at radius 1 is 1.44 bits per heavy atom. The van der Waals surface area contributed by atoms with E-state index in [0.29, 0.717) is 6.54 Å². The van der Waals surface area contributed by atoms with Gasteiger partial charge in [0.15, 0.2) is 0 Å². The second-order valence-corrected chi connectivity index (χ2v) is 4.31. The predicted molar refractivity (Wildman–Crippen MR) is 69.2 cm³/mol. The van der Waals surface area contributed by atoms with Gasteiger partial charge in [0.1, 0.15) is 5.76 Å². The molecule has 98 valence electrons. The molecule has 2 heterocycles.